The molecule has 0 aliphatic carbocycles. The maximum atomic E-state index is 5.27. The number of fused-ring (bicyclic) bond motifs is 16. The summed E-state index contributed by atoms with van der Waals surface area (Å²) in [7, 11) is 0. The zero-order valence-corrected chi connectivity index (χ0v) is 73.9. The van der Waals surface area contributed by atoms with E-state index in [2.05, 4.69) is 504 Å². The molecule has 0 saturated heterocycles. The van der Waals surface area contributed by atoms with Crippen molar-refractivity contribution < 1.29 is 0 Å². The highest BCUT2D eigenvalue weighted by Gasteiger charge is 2.26. The van der Waals surface area contributed by atoms with Crippen LogP contribution in [0.2, 0.25) is 0 Å². The first-order chi connectivity index (χ1) is 67.6. The minimum absolute atomic E-state index is 0.940. The van der Waals surface area contributed by atoms with Crippen molar-refractivity contribution in [2.45, 2.75) is 0 Å². The maximum absolute atomic E-state index is 5.27. The van der Waals surface area contributed by atoms with Gasteiger partial charge < -0.3 is 18.3 Å². The minimum Gasteiger partial charge on any atom is -0.309 e. The van der Waals surface area contributed by atoms with Gasteiger partial charge in [-0.25, -0.2) is 19.9 Å². The van der Waals surface area contributed by atoms with E-state index >= 15 is 0 Å². The number of rotatable bonds is 12. The van der Waals surface area contributed by atoms with Gasteiger partial charge in [-0.05, 0) is 158 Å². The summed E-state index contributed by atoms with van der Waals surface area (Å²) in [5.41, 5.74) is 31.1. The molecular formula is C124H84N12. The fourth-order valence-corrected chi connectivity index (χ4v) is 20.2. The van der Waals surface area contributed by atoms with E-state index in [0.717, 1.165) is 135 Å². The molecule has 0 spiro atoms. The number of para-hydroxylation sites is 14. The summed E-state index contributed by atoms with van der Waals surface area (Å²) < 4.78 is 18.5. The average Bonchev–Trinajstić information content (AvgIpc) is 1.57. The van der Waals surface area contributed by atoms with Crippen LogP contribution in [0, 0.1) is 0 Å². The molecule has 0 amide bonds. The van der Waals surface area contributed by atoms with E-state index in [9.17, 15) is 0 Å². The molecule has 28 rings (SSSR count). The molecule has 136 heavy (non-hydrogen) atoms. The van der Waals surface area contributed by atoms with Crippen LogP contribution in [-0.2, 0) is 0 Å². The molecule has 20 aromatic carbocycles. The predicted molar refractivity (Wildman–Crippen MR) is 563 cm³/mol. The Kier molecular flexibility index (Phi) is 20.0. The Morgan fingerprint density at radius 1 is 0.132 bits per heavy atom. The summed E-state index contributed by atoms with van der Waals surface area (Å²) >= 11 is 0. The van der Waals surface area contributed by atoms with Crippen molar-refractivity contribution in [1.29, 1.82) is 0 Å². The Hall–Kier alpha value is -18.5. The number of hydrogen-bond acceptors (Lipinski definition) is 4. The Bertz CT molecular complexity index is 9000. The van der Waals surface area contributed by atoms with Crippen LogP contribution >= 0.6 is 0 Å². The summed E-state index contributed by atoms with van der Waals surface area (Å²) in [4.78, 5) is 20.6. The van der Waals surface area contributed by atoms with Gasteiger partial charge in [0.15, 0.2) is 0 Å². The SMILES string of the molecule is c1ccc(-c2nc3c(-n4c5ccccc5c5ccccc54)cccc3n2-c2ccccc2)cc1.c1ccc(-c2nc3cc(-n4c5ccccc5c5ccccc54)ccc3n2-c2ccccc2)cc1.c1ccc(-c2nc3ccc(-n4c5ccccc5c5ccccc54)cc3n2-c2ccccc2)cc1.c1ccc(-c2nc3cccc(-n4c5ccccc5c5ccccc54)c3n2-c2ccccc2)cc1. The van der Waals surface area contributed by atoms with E-state index in [1.807, 2.05) is 42.5 Å². The highest BCUT2D eigenvalue weighted by atomic mass is 15.1. The zero-order valence-electron chi connectivity index (χ0n) is 73.9. The molecule has 12 heteroatoms. The van der Waals surface area contributed by atoms with Gasteiger partial charge in [-0.2, -0.15) is 0 Å². The van der Waals surface area contributed by atoms with E-state index in [0.29, 0.717) is 0 Å². The molecule has 0 bridgehead atoms. The Labute approximate surface area is 783 Å². The summed E-state index contributed by atoms with van der Waals surface area (Å²) in [5, 5.41) is 10.1. The molecule has 0 N–H and O–H groups in total. The third-order valence-electron chi connectivity index (χ3n) is 26.1. The maximum Gasteiger partial charge on any atom is 0.145 e. The van der Waals surface area contributed by atoms with Crippen LogP contribution in [-0.4, -0.2) is 56.5 Å². The molecule has 12 nitrogen and oxygen atoms in total. The highest BCUT2D eigenvalue weighted by molar-refractivity contribution is 6.14. The van der Waals surface area contributed by atoms with Gasteiger partial charge in [-0.1, -0.05) is 352 Å². The summed E-state index contributed by atoms with van der Waals surface area (Å²) in [6.45, 7) is 0. The molecule has 0 unspecified atom stereocenters. The molecule has 8 aromatic heterocycles. The third kappa shape index (κ3) is 13.8. The second-order valence-electron chi connectivity index (χ2n) is 34.0. The van der Waals surface area contributed by atoms with Crippen LogP contribution in [0.25, 0.3) is 222 Å². The lowest BCUT2D eigenvalue weighted by molar-refractivity contribution is 1.08. The quantitative estimate of drug-likeness (QED) is 0.122. The average molecular weight is 1740 g/mol. The van der Waals surface area contributed by atoms with Gasteiger partial charge in [0.1, 0.15) is 28.8 Å². The molecule has 640 valence electrons. The standard InChI is InChI=1S/4C31H21N3/c1-3-12-22(13-4-1)31-32-26-18-11-21-29(30(26)33(31)23-14-5-2-6-15-23)34-27-19-9-7-16-24(27)25-17-8-10-20-28(25)34;1-3-12-22(13-4-1)31-32-30-28(33(31)23-14-5-2-6-15-23)20-11-21-29(30)34-26-18-9-7-16-24(26)25-17-8-10-19-27(25)34;1-3-11-22(12-4-1)31-32-27-21-24(19-20-30(27)34(31)23-13-5-2-6-14-23)33-28-17-9-7-15-25(28)26-16-8-10-18-29(26)33;1-3-11-22(12-4-1)31-32-27-20-19-24(21-30(27)34(31)23-13-5-2-6-14-23)33-28-17-9-7-15-25(28)26-16-8-10-18-29(26)33/h4*1-21H. The van der Waals surface area contributed by atoms with Crippen molar-refractivity contribution in [3.63, 3.8) is 0 Å². The van der Waals surface area contributed by atoms with Crippen LogP contribution in [0.1, 0.15) is 0 Å². The second kappa shape index (κ2) is 34.1. The summed E-state index contributed by atoms with van der Waals surface area (Å²) in [6, 6.07) is 179. The monoisotopic (exact) mass is 1740 g/mol. The van der Waals surface area contributed by atoms with Crippen molar-refractivity contribution in [3.8, 4) is 91.1 Å². The van der Waals surface area contributed by atoms with Gasteiger partial charge in [-0.3, -0.25) is 18.3 Å². The largest absolute Gasteiger partial charge is 0.309 e. The van der Waals surface area contributed by atoms with E-state index in [1.165, 1.54) is 87.2 Å². The van der Waals surface area contributed by atoms with Crippen LogP contribution < -0.4 is 0 Å². The molecule has 8 heterocycles. The fraction of sp³-hybridized carbons (Fsp3) is 0. The van der Waals surface area contributed by atoms with Gasteiger partial charge >= 0.3 is 0 Å². The number of nitrogens with zero attached hydrogens (tertiary/aromatic N) is 12. The van der Waals surface area contributed by atoms with Crippen LogP contribution in [0.4, 0.5) is 0 Å². The van der Waals surface area contributed by atoms with Crippen molar-refractivity contribution in [1.82, 2.24) is 56.5 Å². The number of hydrogen-bond donors (Lipinski definition) is 0. The Morgan fingerprint density at radius 2 is 0.397 bits per heavy atom. The molecule has 0 aliphatic rings. The smallest absolute Gasteiger partial charge is 0.145 e. The lowest BCUT2D eigenvalue weighted by atomic mass is 10.2. The van der Waals surface area contributed by atoms with Crippen LogP contribution in [0.5, 0.6) is 0 Å². The lowest BCUT2D eigenvalue weighted by Gasteiger charge is -2.14. The molecular weight excluding hydrogens is 1660 g/mol. The van der Waals surface area contributed by atoms with Gasteiger partial charge in [-0.15, -0.1) is 0 Å². The molecule has 0 saturated carbocycles. The van der Waals surface area contributed by atoms with Crippen molar-refractivity contribution in [2.24, 2.45) is 0 Å². The zero-order chi connectivity index (χ0) is 89.9. The predicted octanol–water partition coefficient (Wildman–Crippen LogP) is 31.2. The molecule has 0 fully saturated rings. The van der Waals surface area contributed by atoms with E-state index in [4.69, 9.17) is 19.9 Å². The van der Waals surface area contributed by atoms with Crippen molar-refractivity contribution in [2.75, 3.05) is 0 Å². The topological polar surface area (TPSA) is 91.0 Å². The van der Waals surface area contributed by atoms with E-state index < -0.39 is 0 Å². The third-order valence-corrected chi connectivity index (χ3v) is 26.1. The first-order valence-electron chi connectivity index (χ1n) is 46.0. The van der Waals surface area contributed by atoms with Gasteiger partial charge in [0.05, 0.1) is 94.1 Å². The van der Waals surface area contributed by atoms with Crippen molar-refractivity contribution in [3.05, 3.63) is 510 Å². The molecule has 0 radical (unpaired) electrons. The van der Waals surface area contributed by atoms with Gasteiger partial charge in [0.25, 0.3) is 0 Å². The lowest BCUT2D eigenvalue weighted by Crippen LogP contribution is -2.02. The summed E-state index contributed by atoms with van der Waals surface area (Å²) in [6.07, 6.45) is 0. The normalized spacial score (nSPS) is 11.5. The number of aromatic nitrogens is 12. The molecule has 0 atom stereocenters. The van der Waals surface area contributed by atoms with E-state index in [1.54, 1.807) is 0 Å². The molecule has 0 aliphatic heterocycles. The number of benzene rings is 20. The second-order valence-corrected chi connectivity index (χ2v) is 34.0. The van der Waals surface area contributed by atoms with Gasteiger partial charge in [0, 0.05) is 99.5 Å². The first-order valence-corrected chi connectivity index (χ1v) is 46.0. The van der Waals surface area contributed by atoms with Crippen LogP contribution in [0.3, 0.4) is 0 Å². The summed E-state index contributed by atoms with van der Waals surface area (Å²) in [5.74, 6) is 3.77. The fourth-order valence-electron chi connectivity index (χ4n) is 20.2. The first kappa shape index (κ1) is 79.6. The van der Waals surface area contributed by atoms with Crippen LogP contribution in [0.15, 0.2) is 510 Å². The van der Waals surface area contributed by atoms with Gasteiger partial charge in [0.2, 0.25) is 0 Å². The Balaban J connectivity index is 0.0000000965. The Morgan fingerprint density at radius 3 is 0.787 bits per heavy atom. The number of imidazole rings is 4. The van der Waals surface area contributed by atoms with Crippen molar-refractivity contribution >= 4 is 131 Å². The highest BCUT2D eigenvalue weighted by Crippen LogP contribution is 2.44. The minimum atomic E-state index is 0.940. The molecule has 28 aromatic rings. The van der Waals surface area contributed by atoms with E-state index in [-0.39, 0.29) is 0 Å².